The van der Waals surface area contributed by atoms with Crippen LogP contribution in [0.25, 0.3) is 0 Å². The highest BCUT2D eigenvalue weighted by molar-refractivity contribution is 6.30. The van der Waals surface area contributed by atoms with E-state index in [-0.39, 0.29) is 0 Å². The molecule has 1 N–H and O–H groups in total. The first-order valence-electron chi connectivity index (χ1n) is 4.92. The summed E-state index contributed by atoms with van der Waals surface area (Å²) in [5, 5.41) is 16.3. The lowest BCUT2D eigenvalue weighted by Gasteiger charge is -2.05. The molecular weight excluding hydrogens is 240 g/mol. The topological polar surface area (TPSA) is 74.7 Å². The van der Waals surface area contributed by atoms with Crippen molar-refractivity contribution >= 4 is 17.3 Å². The Bertz CT molecular complexity index is 573. The zero-order valence-corrected chi connectivity index (χ0v) is 9.82. The third-order valence-corrected chi connectivity index (χ3v) is 2.34. The Morgan fingerprint density at radius 1 is 1.53 bits per heavy atom. The van der Waals surface area contributed by atoms with E-state index in [1.54, 1.807) is 25.1 Å². The molecule has 1 aromatic heterocycles. The van der Waals surface area contributed by atoms with Gasteiger partial charge in [0.2, 0.25) is 5.89 Å². The van der Waals surface area contributed by atoms with Gasteiger partial charge in [-0.3, -0.25) is 0 Å². The summed E-state index contributed by atoms with van der Waals surface area (Å²) in [4.78, 5) is 4.05. The second kappa shape index (κ2) is 4.85. The number of nitriles is 1. The van der Waals surface area contributed by atoms with Crippen LogP contribution in [0.15, 0.2) is 22.7 Å². The van der Waals surface area contributed by atoms with Gasteiger partial charge in [-0.2, -0.15) is 10.2 Å². The molecule has 2 aromatic rings. The van der Waals surface area contributed by atoms with Crippen molar-refractivity contribution in [2.24, 2.45) is 0 Å². The highest BCUT2D eigenvalue weighted by atomic mass is 35.5. The Hall–Kier alpha value is -2.06. The standard InChI is InChI=1S/C11H9ClN4O/c1-7-15-11(16-17-7)6-14-10-3-2-9(12)4-8(10)5-13/h2-4,14H,6H2,1H3. The fourth-order valence-corrected chi connectivity index (χ4v) is 1.52. The van der Waals surface area contributed by atoms with Crippen molar-refractivity contribution in [3.05, 3.63) is 40.5 Å². The van der Waals surface area contributed by atoms with Crippen molar-refractivity contribution in [3.63, 3.8) is 0 Å². The number of nitrogens with one attached hydrogen (secondary N) is 1. The highest BCUT2D eigenvalue weighted by Crippen LogP contribution is 2.20. The molecule has 0 saturated carbocycles. The van der Waals surface area contributed by atoms with Crippen LogP contribution in [0.5, 0.6) is 0 Å². The molecule has 17 heavy (non-hydrogen) atoms. The van der Waals surface area contributed by atoms with Crippen molar-refractivity contribution in [1.82, 2.24) is 10.1 Å². The normalized spacial score (nSPS) is 9.94. The maximum Gasteiger partial charge on any atom is 0.223 e. The van der Waals surface area contributed by atoms with Crippen LogP contribution in [0.3, 0.4) is 0 Å². The number of rotatable bonds is 3. The summed E-state index contributed by atoms with van der Waals surface area (Å²) in [6.45, 7) is 2.12. The van der Waals surface area contributed by atoms with E-state index in [1.165, 1.54) is 0 Å². The minimum atomic E-state index is 0.396. The van der Waals surface area contributed by atoms with E-state index in [0.717, 1.165) is 0 Å². The van der Waals surface area contributed by atoms with Crippen molar-refractivity contribution in [1.29, 1.82) is 5.26 Å². The molecule has 0 aliphatic carbocycles. The van der Waals surface area contributed by atoms with E-state index >= 15 is 0 Å². The summed E-state index contributed by atoms with van der Waals surface area (Å²) in [5.41, 5.74) is 1.18. The first-order valence-corrected chi connectivity index (χ1v) is 5.29. The quantitative estimate of drug-likeness (QED) is 0.903. The van der Waals surface area contributed by atoms with Gasteiger partial charge in [-0.1, -0.05) is 16.8 Å². The lowest BCUT2D eigenvalue weighted by Crippen LogP contribution is -2.02. The lowest BCUT2D eigenvalue weighted by atomic mass is 10.2. The number of aromatic nitrogens is 2. The first kappa shape index (κ1) is 11.4. The average molecular weight is 249 g/mol. The number of anilines is 1. The molecule has 0 amide bonds. The molecule has 0 spiro atoms. The SMILES string of the molecule is Cc1nc(CNc2ccc(Cl)cc2C#N)no1. The second-order valence-corrected chi connectivity index (χ2v) is 3.82. The molecule has 0 saturated heterocycles. The second-order valence-electron chi connectivity index (χ2n) is 3.38. The third kappa shape index (κ3) is 2.74. The van der Waals surface area contributed by atoms with Gasteiger partial charge in [0.25, 0.3) is 0 Å². The van der Waals surface area contributed by atoms with Crippen molar-refractivity contribution < 1.29 is 4.52 Å². The molecule has 0 atom stereocenters. The molecule has 6 heteroatoms. The summed E-state index contributed by atoms with van der Waals surface area (Å²) in [6, 6.07) is 7.13. The van der Waals surface area contributed by atoms with Crippen molar-refractivity contribution in [2.75, 3.05) is 5.32 Å². The van der Waals surface area contributed by atoms with Crippen LogP contribution in [0.2, 0.25) is 5.02 Å². The van der Waals surface area contributed by atoms with Gasteiger partial charge in [-0.25, -0.2) is 0 Å². The van der Waals surface area contributed by atoms with Gasteiger partial charge in [0, 0.05) is 11.9 Å². The number of hydrogen-bond donors (Lipinski definition) is 1. The summed E-state index contributed by atoms with van der Waals surface area (Å²) in [6.07, 6.45) is 0. The van der Waals surface area contributed by atoms with Crippen LogP contribution in [0.1, 0.15) is 17.3 Å². The monoisotopic (exact) mass is 248 g/mol. The number of benzene rings is 1. The van der Waals surface area contributed by atoms with Crippen LogP contribution in [-0.4, -0.2) is 10.1 Å². The van der Waals surface area contributed by atoms with Crippen LogP contribution >= 0.6 is 11.6 Å². The van der Waals surface area contributed by atoms with Gasteiger partial charge in [0.1, 0.15) is 6.07 Å². The summed E-state index contributed by atoms with van der Waals surface area (Å²) in [5.74, 6) is 1.06. The minimum Gasteiger partial charge on any atom is -0.377 e. The van der Waals surface area contributed by atoms with Crippen LogP contribution in [-0.2, 0) is 6.54 Å². The highest BCUT2D eigenvalue weighted by Gasteiger charge is 2.05. The van der Waals surface area contributed by atoms with Crippen molar-refractivity contribution in [3.8, 4) is 6.07 Å². The van der Waals surface area contributed by atoms with E-state index in [0.29, 0.717) is 34.5 Å². The van der Waals surface area contributed by atoms with E-state index in [9.17, 15) is 0 Å². The molecular formula is C11H9ClN4O. The number of halogens is 1. The fraction of sp³-hybridized carbons (Fsp3) is 0.182. The summed E-state index contributed by atoms with van der Waals surface area (Å²) < 4.78 is 4.84. The largest absolute Gasteiger partial charge is 0.377 e. The maximum atomic E-state index is 8.95. The Kier molecular flexibility index (Phi) is 3.26. The predicted molar refractivity (Wildman–Crippen MR) is 62.5 cm³/mol. The summed E-state index contributed by atoms with van der Waals surface area (Å²) in [7, 11) is 0. The molecule has 0 bridgehead atoms. The lowest BCUT2D eigenvalue weighted by molar-refractivity contribution is 0.388. The summed E-state index contributed by atoms with van der Waals surface area (Å²) >= 11 is 5.80. The Morgan fingerprint density at radius 3 is 3.00 bits per heavy atom. The zero-order valence-electron chi connectivity index (χ0n) is 9.07. The fourth-order valence-electron chi connectivity index (χ4n) is 1.35. The minimum absolute atomic E-state index is 0.396. The van der Waals surface area contributed by atoms with Gasteiger partial charge < -0.3 is 9.84 Å². The number of nitrogens with zero attached hydrogens (tertiary/aromatic N) is 3. The van der Waals surface area contributed by atoms with E-state index in [1.807, 2.05) is 0 Å². The van der Waals surface area contributed by atoms with E-state index < -0.39 is 0 Å². The molecule has 5 nitrogen and oxygen atoms in total. The molecule has 2 rings (SSSR count). The van der Waals surface area contributed by atoms with Gasteiger partial charge in [0.05, 0.1) is 17.8 Å². The van der Waals surface area contributed by atoms with Gasteiger partial charge in [-0.15, -0.1) is 0 Å². The van der Waals surface area contributed by atoms with Crippen LogP contribution in [0.4, 0.5) is 5.69 Å². The molecule has 0 radical (unpaired) electrons. The average Bonchev–Trinajstić information content (AvgIpc) is 2.73. The molecule has 0 aliphatic rings. The molecule has 86 valence electrons. The molecule has 0 aliphatic heterocycles. The molecule has 0 fully saturated rings. The number of aryl methyl sites for hydroxylation is 1. The van der Waals surface area contributed by atoms with E-state index in [4.69, 9.17) is 21.4 Å². The van der Waals surface area contributed by atoms with Crippen LogP contribution in [0, 0.1) is 18.3 Å². The molecule has 1 aromatic carbocycles. The van der Waals surface area contributed by atoms with Gasteiger partial charge >= 0.3 is 0 Å². The van der Waals surface area contributed by atoms with Gasteiger partial charge in [-0.05, 0) is 18.2 Å². The zero-order chi connectivity index (χ0) is 12.3. The Morgan fingerprint density at radius 2 is 2.35 bits per heavy atom. The Balaban J connectivity index is 2.12. The predicted octanol–water partition coefficient (Wildman–Crippen LogP) is 2.52. The first-order chi connectivity index (χ1) is 8.19. The van der Waals surface area contributed by atoms with E-state index in [2.05, 4.69) is 21.5 Å². The molecule has 0 unspecified atom stereocenters. The maximum absolute atomic E-state index is 8.95. The Labute approximate surface area is 103 Å². The van der Waals surface area contributed by atoms with Crippen LogP contribution < -0.4 is 5.32 Å². The number of hydrogen-bond acceptors (Lipinski definition) is 5. The third-order valence-electron chi connectivity index (χ3n) is 2.11. The molecule has 1 heterocycles. The smallest absolute Gasteiger partial charge is 0.223 e. The van der Waals surface area contributed by atoms with Gasteiger partial charge in [0.15, 0.2) is 5.82 Å². The van der Waals surface area contributed by atoms with Crippen molar-refractivity contribution in [2.45, 2.75) is 13.5 Å².